The fraction of sp³-hybridized carbons (Fsp3) is 0.179. The maximum Gasteiger partial charge on any atom is 0.339 e. The molecule has 0 saturated carbocycles. The highest BCUT2D eigenvalue weighted by Gasteiger charge is 2.18. The number of hydrogen-bond donors (Lipinski definition) is 0. The molecule has 1 aromatic heterocycles. The van der Waals surface area contributed by atoms with Crippen molar-refractivity contribution in [2.75, 3.05) is 6.61 Å². The number of rotatable bonds is 6. The van der Waals surface area contributed by atoms with Gasteiger partial charge in [-0.05, 0) is 54.3 Å². The van der Waals surface area contributed by atoms with Crippen LogP contribution in [0.1, 0.15) is 51.6 Å². The second-order valence-electron chi connectivity index (χ2n) is 8.31. The van der Waals surface area contributed by atoms with Crippen LogP contribution >= 0.6 is 11.6 Å². The predicted octanol–water partition coefficient (Wildman–Crippen LogP) is 7.03. The summed E-state index contributed by atoms with van der Waals surface area (Å²) in [4.78, 5) is 30.3. The number of carbonyl (C=O) groups is 2. The van der Waals surface area contributed by atoms with Gasteiger partial charge in [0.2, 0.25) is 0 Å². The number of aromatic nitrogens is 1. The van der Waals surface area contributed by atoms with Gasteiger partial charge in [0.25, 0.3) is 0 Å². The second-order valence-corrected chi connectivity index (χ2v) is 8.75. The number of pyridine rings is 1. The number of para-hydroxylation sites is 1. The molecule has 0 radical (unpaired) electrons. The molecular formula is C28H24ClNO3. The highest BCUT2D eigenvalue weighted by atomic mass is 35.5. The van der Waals surface area contributed by atoms with Gasteiger partial charge in [0.05, 0.1) is 16.8 Å². The average molecular weight is 458 g/mol. The predicted molar refractivity (Wildman–Crippen MR) is 132 cm³/mol. The van der Waals surface area contributed by atoms with Crippen molar-refractivity contribution in [2.45, 2.75) is 26.7 Å². The van der Waals surface area contributed by atoms with E-state index in [1.807, 2.05) is 37.3 Å². The van der Waals surface area contributed by atoms with E-state index in [4.69, 9.17) is 21.3 Å². The van der Waals surface area contributed by atoms with Crippen molar-refractivity contribution in [3.63, 3.8) is 0 Å². The lowest BCUT2D eigenvalue weighted by atomic mass is 9.98. The summed E-state index contributed by atoms with van der Waals surface area (Å²) >= 11 is 5.88. The van der Waals surface area contributed by atoms with Crippen molar-refractivity contribution >= 4 is 34.3 Å². The first-order valence-corrected chi connectivity index (χ1v) is 11.2. The van der Waals surface area contributed by atoms with Gasteiger partial charge in [-0.25, -0.2) is 9.78 Å². The summed E-state index contributed by atoms with van der Waals surface area (Å²) < 4.78 is 5.41. The molecule has 0 unspecified atom stereocenters. The SMILES string of the molecule is Cc1cccc2c(C(=O)OCC(=O)c3ccc(Cl)cc3)cc(-c3ccc(C(C)C)cc3)nc12. The average Bonchev–Trinajstić information content (AvgIpc) is 2.82. The number of halogens is 1. The van der Waals surface area contributed by atoms with E-state index in [9.17, 15) is 9.59 Å². The molecule has 3 aromatic carbocycles. The summed E-state index contributed by atoms with van der Waals surface area (Å²) in [6.07, 6.45) is 0. The van der Waals surface area contributed by atoms with E-state index >= 15 is 0 Å². The van der Waals surface area contributed by atoms with Crippen LogP contribution in [0.2, 0.25) is 5.02 Å². The van der Waals surface area contributed by atoms with Crippen molar-refractivity contribution in [1.82, 2.24) is 4.98 Å². The zero-order valence-corrected chi connectivity index (χ0v) is 19.5. The molecule has 0 fully saturated rings. The summed E-state index contributed by atoms with van der Waals surface area (Å²) in [5, 5.41) is 1.23. The number of benzene rings is 3. The molecule has 0 spiro atoms. The first kappa shape index (κ1) is 22.7. The Morgan fingerprint density at radius 2 is 1.67 bits per heavy atom. The van der Waals surface area contributed by atoms with Crippen LogP contribution < -0.4 is 0 Å². The number of fused-ring (bicyclic) bond motifs is 1. The van der Waals surface area contributed by atoms with Crippen LogP contribution in [0, 0.1) is 6.92 Å². The molecule has 0 amide bonds. The number of esters is 1. The van der Waals surface area contributed by atoms with E-state index in [0.29, 0.717) is 33.1 Å². The Morgan fingerprint density at radius 3 is 2.33 bits per heavy atom. The summed E-state index contributed by atoms with van der Waals surface area (Å²) in [7, 11) is 0. The summed E-state index contributed by atoms with van der Waals surface area (Å²) in [6.45, 7) is 5.90. The largest absolute Gasteiger partial charge is 0.454 e. The lowest BCUT2D eigenvalue weighted by molar-refractivity contribution is 0.0476. The molecule has 0 aliphatic carbocycles. The van der Waals surface area contributed by atoms with Gasteiger partial charge in [0.15, 0.2) is 12.4 Å². The van der Waals surface area contributed by atoms with E-state index in [-0.39, 0.29) is 12.4 Å². The molecule has 0 N–H and O–H groups in total. The van der Waals surface area contributed by atoms with Crippen LogP contribution in [-0.4, -0.2) is 23.3 Å². The van der Waals surface area contributed by atoms with Gasteiger partial charge in [-0.3, -0.25) is 4.79 Å². The van der Waals surface area contributed by atoms with Crippen LogP contribution in [-0.2, 0) is 4.74 Å². The third-order valence-electron chi connectivity index (χ3n) is 5.63. The maximum absolute atomic E-state index is 13.1. The maximum atomic E-state index is 13.1. The van der Waals surface area contributed by atoms with Crippen LogP contribution in [0.15, 0.2) is 72.8 Å². The van der Waals surface area contributed by atoms with Crippen molar-refractivity contribution in [2.24, 2.45) is 0 Å². The quantitative estimate of drug-likeness (QED) is 0.230. The molecule has 4 aromatic rings. The van der Waals surface area contributed by atoms with Gasteiger partial charge >= 0.3 is 5.97 Å². The number of nitrogens with zero attached hydrogens (tertiary/aromatic N) is 1. The molecule has 166 valence electrons. The van der Waals surface area contributed by atoms with Gasteiger partial charge < -0.3 is 4.74 Å². The molecule has 0 aliphatic rings. The third kappa shape index (κ3) is 4.96. The number of hydrogen-bond acceptors (Lipinski definition) is 4. The molecule has 0 bridgehead atoms. The Bertz CT molecular complexity index is 1330. The van der Waals surface area contributed by atoms with Crippen LogP contribution in [0.5, 0.6) is 0 Å². The van der Waals surface area contributed by atoms with Gasteiger partial charge in [-0.15, -0.1) is 0 Å². The molecular weight excluding hydrogens is 434 g/mol. The normalized spacial score (nSPS) is 11.1. The van der Waals surface area contributed by atoms with Gasteiger partial charge in [0, 0.05) is 21.5 Å². The Balaban J connectivity index is 1.67. The van der Waals surface area contributed by atoms with E-state index in [1.54, 1.807) is 30.3 Å². The van der Waals surface area contributed by atoms with E-state index in [0.717, 1.165) is 16.6 Å². The molecule has 4 nitrogen and oxygen atoms in total. The van der Waals surface area contributed by atoms with Gasteiger partial charge in [0.1, 0.15) is 0 Å². The molecule has 0 saturated heterocycles. The minimum atomic E-state index is -0.560. The molecule has 0 aliphatic heterocycles. The number of ether oxygens (including phenoxy) is 1. The van der Waals surface area contributed by atoms with Crippen LogP contribution in [0.25, 0.3) is 22.2 Å². The molecule has 4 rings (SSSR count). The fourth-order valence-corrected chi connectivity index (χ4v) is 3.80. The highest BCUT2D eigenvalue weighted by molar-refractivity contribution is 6.30. The monoisotopic (exact) mass is 457 g/mol. The summed E-state index contributed by atoms with van der Waals surface area (Å²) in [6, 6.07) is 22.1. The first-order chi connectivity index (χ1) is 15.8. The Morgan fingerprint density at radius 1 is 0.970 bits per heavy atom. The number of aryl methyl sites for hydroxylation is 1. The van der Waals surface area contributed by atoms with E-state index in [1.165, 1.54) is 5.56 Å². The third-order valence-corrected chi connectivity index (χ3v) is 5.89. The van der Waals surface area contributed by atoms with Crippen molar-refractivity contribution in [3.8, 4) is 11.3 Å². The van der Waals surface area contributed by atoms with Crippen LogP contribution in [0.3, 0.4) is 0 Å². The molecule has 5 heteroatoms. The zero-order valence-electron chi connectivity index (χ0n) is 18.8. The zero-order chi connectivity index (χ0) is 23.5. The second kappa shape index (κ2) is 9.55. The standard InChI is InChI=1S/C28H24ClNO3/c1-17(2)19-7-9-20(10-8-19)25-15-24(23-6-4-5-18(3)27(23)30-25)28(32)33-16-26(31)21-11-13-22(29)14-12-21/h4-15,17H,16H2,1-3H3. The molecule has 33 heavy (non-hydrogen) atoms. The smallest absolute Gasteiger partial charge is 0.339 e. The molecule has 0 atom stereocenters. The fourth-order valence-electron chi connectivity index (χ4n) is 3.68. The molecule has 1 heterocycles. The lowest BCUT2D eigenvalue weighted by Crippen LogP contribution is -2.15. The highest BCUT2D eigenvalue weighted by Crippen LogP contribution is 2.28. The Hall–Kier alpha value is -3.50. The van der Waals surface area contributed by atoms with E-state index in [2.05, 4.69) is 26.0 Å². The minimum absolute atomic E-state index is 0.293. The van der Waals surface area contributed by atoms with Gasteiger partial charge in [-0.2, -0.15) is 0 Å². The number of carbonyl (C=O) groups excluding carboxylic acids is 2. The van der Waals surface area contributed by atoms with E-state index < -0.39 is 5.97 Å². The van der Waals surface area contributed by atoms with Crippen molar-refractivity contribution in [1.29, 1.82) is 0 Å². The van der Waals surface area contributed by atoms with Crippen molar-refractivity contribution < 1.29 is 14.3 Å². The number of Topliss-reactive ketones (excluding diaryl/α,β-unsaturated/α-hetero) is 1. The first-order valence-electron chi connectivity index (χ1n) is 10.8. The number of ketones is 1. The van der Waals surface area contributed by atoms with Crippen molar-refractivity contribution in [3.05, 3.63) is 100 Å². The summed E-state index contributed by atoms with van der Waals surface area (Å²) in [5.41, 5.74) is 5.34. The minimum Gasteiger partial charge on any atom is -0.454 e. The van der Waals surface area contributed by atoms with Gasteiger partial charge in [-0.1, -0.05) is 67.9 Å². The lowest BCUT2D eigenvalue weighted by Gasteiger charge is -2.12. The Labute approximate surface area is 198 Å². The Kier molecular flexibility index (Phi) is 6.57. The van der Waals surface area contributed by atoms with Crippen LogP contribution in [0.4, 0.5) is 0 Å². The summed E-state index contributed by atoms with van der Waals surface area (Å²) in [5.74, 6) is -0.427. The topological polar surface area (TPSA) is 56.3 Å².